The van der Waals surface area contributed by atoms with E-state index in [9.17, 15) is 26.7 Å². The van der Waals surface area contributed by atoms with Gasteiger partial charge in [0.05, 0.1) is 0 Å². The standard InChI is InChI=1S/C15H9ClF5NO2/c1-6(24-8-4-2-3-7(16)5-8)15(23)22-14-12(20)10(18)9(17)11(19)13(14)21/h2-6H,1H3,(H,22,23)/t6-/m1/s1. The fraction of sp³-hybridized carbons (Fsp3) is 0.133. The van der Waals surface area contributed by atoms with Crippen molar-refractivity contribution >= 4 is 23.2 Å². The summed E-state index contributed by atoms with van der Waals surface area (Å²) in [6.45, 7) is 1.22. The molecule has 1 N–H and O–H groups in total. The monoisotopic (exact) mass is 365 g/mol. The Kier molecular flexibility index (Phi) is 5.28. The summed E-state index contributed by atoms with van der Waals surface area (Å²) >= 11 is 5.73. The van der Waals surface area contributed by atoms with Crippen LogP contribution in [0.15, 0.2) is 24.3 Å². The molecule has 0 saturated carbocycles. The molecule has 0 aromatic heterocycles. The highest BCUT2D eigenvalue weighted by molar-refractivity contribution is 6.30. The molecule has 0 fully saturated rings. The van der Waals surface area contributed by atoms with E-state index in [0.29, 0.717) is 5.02 Å². The molecule has 2 aromatic rings. The third-order valence-electron chi connectivity index (χ3n) is 2.94. The lowest BCUT2D eigenvalue weighted by Gasteiger charge is -2.16. The van der Waals surface area contributed by atoms with E-state index in [0.717, 1.165) is 0 Å². The minimum Gasteiger partial charge on any atom is -0.481 e. The molecule has 3 nitrogen and oxygen atoms in total. The number of rotatable bonds is 4. The first-order valence-corrected chi connectivity index (χ1v) is 6.84. The Bertz CT molecular complexity index is 771. The Labute approximate surface area is 138 Å². The van der Waals surface area contributed by atoms with Crippen LogP contribution in [0.4, 0.5) is 27.6 Å². The van der Waals surface area contributed by atoms with E-state index in [1.54, 1.807) is 11.4 Å². The van der Waals surface area contributed by atoms with Gasteiger partial charge in [-0.1, -0.05) is 17.7 Å². The lowest BCUT2D eigenvalue weighted by Crippen LogP contribution is -2.31. The summed E-state index contributed by atoms with van der Waals surface area (Å²) in [6.07, 6.45) is -1.29. The predicted octanol–water partition coefficient (Wildman–Crippen LogP) is 4.44. The molecule has 0 heterocycles. The van der Waals surface area contributed by atoms with E-state index < -0.39 is 46.8 Å². The number of anilines is 1. The molecular formula is C15H9ClF5NO2. The lowest BCUT2D eigenvalue weighted by molar-refractivity contribution is -0.122. The van der Waals surface area contributed by atoms with Gasteiger partial charge in [0, 0.05) is 5.02 Å². The van der Waals surface area contributed by atoms with Gasteiger partial charge in [0.1, 0.15) is 11.4 Å². The van der Waals surface area contributed by atoms with E-state index in [1.165, 1.54) is 25.1 Å². The van der Waals surface area contributed by atoms with Crippen molar-refractivity contribution in [3.63, 3.8) is 0 Å². The summed E-state index contributed by atoms with van der Waals surface area (Å²) in [5.41, 5.74) is -1.45. The van der Waals surface area contributed by atoms with Crippen LogP contribution in [0.1, 0.15) is 6.92 Å². The molecule has 0 radical (unpaired) electrons. The first kappa shape index (κ1) is 18.0. The maximum absolute atomic E-state index is 13.5. The van der Waals surface area contributed by atoms with E-state index in [2.05, 4.69) is 0 Å². The van der Waals surface area contributed by atoms with Crippen molar-refractivity contribution in [2.75, 3.05) is 5.32 Å². The molecule has 0 spiro atoms. The number of nitrogens with one attached hydrogen (secondary N) is 1. The third kappa shape index (κ3) is 3.59. The molecule has 0 unspecified atom stereocenters. The number of hydrogen-bond donors (Lipinski definition) is 1. The summed E-state index contributed by atoms with van der Waals surface area (Å²) in [4.78, 5) is 11.9. The summed E-state index contributed by atoms with van der Waals surface area (Å²) < 4.78 is 71.3. The third-order valence-corrected chi connectivity index (χ3v) is 3.17. The second-order valence-electron chi connectivity index (χ2n) is 4.65. The van der Waals surface area contributed by atoms with Gasteiger partial charge in [-0.25, -0.2) is 22.0 Å². The topological polar surface area (TPSA) is 38.3 Å². The van der Waals surface area contributed by atoms with Crippen molar-refractivity contribution in [3.05, 3.63) is 58.4 Å². The first-order valence-electron chi connectivity index (χ1n) is 6.47. The van der Waals surface area contributed by atoms with Crippen LogP contribution in [0.5, 0.6) is 5.75 Å². The maximum Gasteiger partial charge on any atom is 0.265 e. The van der Waals surface area contributed by atoms with Crippen molar-refractivity contribution in [1.82, 2.24) is 0 Å². The zero-order valence-electron chi connectivity index (χ0n) is 12.0. The van der Waals surface area contributed by atoms with Gasteiger partial charge in [-0.05, 0) is 25.1 Å². The van der Waals surface area contributed by atoms with Gasteiger partial charge in [0.25, 0.3) is 5.91 Å². The molecule has 9 heteroatoms. The highest BCUT2D eigenvalue weighted by Crippen LogP contribution is 2.27. The van der Waals surface area contributed by atoms with Crippen LogP contribution in [0.3, 0.4) is 0 Å². The number of carbonyl (C=O) groups is 1. The molecular weight excluding hydrogens is 357 g/mol. The number of ether oxygens (including phenoxy) is 1. The number of amides is 1. The second kappa shape index (κ2) is 7.04. The normalized spacial score (nSPS) is 12.0. The minimum atomic E-state index is -2.31. The van der Waals surface area contributed by atoms with Crippen molar-refractivity contribution in [2.24, 2.45) is 0 Å². The van der Waals surface area contributed by atoms with Crippen LogP contribution in [0.2, 0.25) is 5.02 Å². The Morgan fingerprint density at radius 1 is 1.04 bits per heavy atom. The lowest BCUT2D eigenvalue weighted by atomic mass is 10.2. The van der Waals surface area contributed by atoms with Crippen molar-refractivity contribution in [3.8, 4) is 5.75 Å². The van der Waals surface area contributed by atoms with Crippen LogP contribution >= 0.6 is 11.6 Å². The Morgan fingerprint density at radius 2 is 1.58 bits per heavy atom. The zero-order valence-corrected chi connectivity index (χ0v) is 12.7. The molecule has 0 aliphatic carbocycles. The van der Waals surface area contributed by atoms with Gasteiger partial charge >= 0.3 is 0 Å². The molecule has 128 valence electrons. The zero-order chi connectivity index (χ0) is 18.0. The van der Waals surface area contributed by atoms with Crippen molar-refractivity contribution in [2.45, 2.75) is 13.0 Å². The predicted molar refractivity (Wildman–Crippen MR) is 76.4 cm³/mol. The summed E-state index contributed by atoms with van der Waals surface area (Å²) in [7, 11) is 0. The van der Waals surface area contributed by atoms with Gasteiger partial charge in [0.15, 0.2) is 29.4 Å². The van der Waals surface area contributed by atoms with Crippen molar-refractivity contribution in [1.29, 1.82) is 0 Å². The highest BCUT2D eigenvalue weighted by atomic mass is 35.5. The Morgan fingerprint density at radius 3 is 2.12 bits per heavy atom. The largest absolute Gasteiger partial charge is 0.481 e. The molecule has 0 bridgehead atoms. The minimum absolute atomic E-state index is 0.183. The van der Waals surface area contributed by atoms with Gasteiger partial charge in [0.2, 0.25) is 5.82 Å². The van der Waals surface area contributed by atoms with Crippen LogP contribution in [-0.4, -0.2) is 12.0 Å². The van der Waals surface area contributed by atoms with E-state index >= 15 is 0 Å². The summed E-state index contributed by atoms with van der Waals surface area (Å²) in [6, 6.07) is 5.93. The van der Waals surface area contributed by atoms with Crippen LogP contribution in [-0.2, 0) is 4.79 Å². The number of carbonyl (C=O) groups excluding carboxylic acids is 1. The van der Waals surface area contributed by atoms with Gasteiger partial charge < -0.3 is 10.1 Å². The molecule has 0 aliphatic heterocycles. The maximum atomic E-state index is 13.5. The number of halogens is 6. The molecule has 1 atom stereocenters. The van der Waals surface area contributed by atoms with E-state index in [1.807, 2.05) is 0 Å². The molecule has 0 aliphatic rings. The summed E-state index contributed by atoms with van der Waals surface area (Å²) in [5, 5.41) is 1.95. The number of hydrogen-bond acceptors (Lipinski definition) is 2. The molecule has 2 rings (SSSR count). The Balaban J connectivity index is 2.21. The van der Waals surface area contributed by atoms with Gasteiger partial charge in [-0.3, -0.25) is 4.79 Å². The van der Waals surface area contributed by atoms with Crippen LogP contribution in [0.25, 0.3) is 0 Å². The average Bonchev–Trinajstić information content (AvgIpc) is 2.55. The molecule has 2 aromatic carbocycles. The first-order chi connectivity index (χ1) is 11.2. The van der Waals surface area contributed by atoms with E-state index in [4.69, 9.17) is 16.3 Å². The molecule has 1 amide bonds. The van der Waals surface area contributed by atoms with Crippen molar-refractivity contribution < 1.29 is 31.5 Å². The smallest absolute Gasteiger partial charge is 0.265 e. The summed E-state index contributed by atoms with van der Waals surface area (Å²) in [5.74, 6) is -11.9. The fourth-order valence-electron chi connectivity index (χ4n) is 1.74. The Hall–Kier alpha value is -2.35. The molecule has 0 saturated heterocycles. The van der Waals surface area contributed by atoms with Crippen LogP contribution < -0.4 is 10.1 Å². The van der Waals surface area contributed by atoms with Gasteiger partial charge in [-0.15, -0.1) is 0 Å². The SMILES string of the molecule is C[C@@H](Oc1cccc(Cl)c1)C(=O)Nc1c(F)c(F)c(F)c(F)c1F. The quantitative estimate of drug-likeness (QED) is 0.494. The highest BCUT2D eigenvalue weighted by Gasteiger charge is 2.28. The second-order valence-corrected chi connectivity index (χ2v) is 5.09. The van der Waals surface area contributed by atoms with Gasteiger partial charge in [-0.2, -0.15) is 0 Å². The van der Waals surface area contributed by atoms with Crippen LogP contribution in [0, 0.1) is 29.1 Å². The number of benzene rings is 2. The average molecular weight is 366 g/mol. The molecule has 24 heavy (non-hydrogen) atoms. The van der Waals surface area contributed by atoms with E-state index in [-0.39, 0.29) is 5.75 Å². The fourth-order valence-corrected chi connectivity index (χ4v) is 1.92.